The number of hydrogen-bond acceptors (Lipinski definition) is 5. The zero-order chi connectivity index (χ0) is 16.4. The highest BCUT2D eigenvalue weighted by atomic mass is 32.2. The molecule has 1 atom stereocenters. The molecule has 1 N–H and O–H groups in total. The first-order valence-corrected chi connectivity index (χ1v) is 9.11. The molecule has 0 spiro atoms. The molecule has 2 heterocycles. The van der Waals surface area contributed by atoms with Crippen LogP contribution in [0.1, 0.15) is 26.8 Å². The van der Waals surface area contributed by atoms with Crippen LogP contribution in [-0.2, 0) is 4.79 Å². The minimum absolute atomic E-state index is 0.0448. The van der Waals surface area contributed by atoms with E-state index in [0.717, 1.165) is 20.4 Å². The fourth-order valence-electron chi connectivity index (χ4n) is 2.16. The summed E-state index contributed by atoms with van der Waals surface area (Å²) in [7, 11) is 0. The van der Waals surface area contributed by atoms with Gasteiger partial charge in [0, 0.05) is 12.1 Å². The Morgan fingerprint density at radius 2 is 2.04 bits per heavy atom. The van der Waals surface area contributed by atoms with Crippen molar-refractivity contribution >= 4 is 45.0 Å². The number of para-hydroxylation sites is 1. The lowest BCUT2D eigenvalue weighted by molar-refractivity contribution is -0.115. The van der Waals surface area contributed by atoms with Gasteiger partial charge in [0.1, 0.15) is 5.82 Å². The molecule has 0 unspecified atom stereocenters. The number of aromatic nitrogens is 3. The van der Waals surface area contributed by atoms with Gasteiger partial charge in [0.05, 0.1) is 21.7 Å². The summed E-state index contributed by atoms with van der Waals surface area (Å²) in [4.78, 5) is 17.0. The number of carbonyl (C=O) groups excluding carboxylic acids is 1. The van der Waals surface area contributed by atoms with E-state index < -0.39 is 0 Å². The fourth-order valence-corrected chi connectivity index (χ4v) is 4.37. The summed E-state index contributed by atoms with van der Waals surface area (Å²) in [6.07, 6.45) is 1.70. The van der Waals surface area contributed by atoms with E-state index in [9.17, 15) is 4.79 Å². The van der Waals surface area contributed by atoms with Gasteiger partial charge in [-0.15, -0.1) is 11.3 Å². The van der Waals surface area contributed by atoms with E-state index in [1.54, 1.807) is 22.2 Å². The molecule has 120 valence electrons. The Kier molecular flexibility index (Phi) is 4.68. The second kappa shape index (κ2) is 6.72. The van der Waals surface area contributed by atoms with Crippen molar-refractivity contribution in [1.82, 2.24) is 14.8 Å². The Labute approximate surface area is 143 Å². The van der Waals surface area contributed by atoms with Gasteiger partial charge in [-0.3, -0.25) is 4.79 Å². The maximum atomic E-state index is 12.4. The number of rotatable bonds is 5. The highest BCUT2D eigenvalue weighted by Crippen LogP contribution is 2.32. The van der Waals surface area contributed by atoms with Gasteiger partial charge in [-0.2, -0.15) is 5.10 Å². The van der Waals surface area contributed by atoms with E-state index in [2.05, 4.69) is 15.4 Å². The Hall–Kier alpha value is -1.86. The van der Waals surface area contributed by atoms with Crippen molar-refractivity contribution in [3.63, 3.8) is 0 Å². The van der Waals surface area contributed by atoms with Crippen LogP contribution in [0.2, 0.25) is 0 Å². The molecule has 0 aliphatic heterocycles. The summed E-state index contributed by atoms with van der Waals surface area (Å²) in [5.41, 5.74) is 0.977. The van der Waals surface area contributed by atoms with Gasteiger partial charge < -0.3 is 5.32 Å². The number of hydrogen-bond donors (Lipinski definition) is 1. The summed E-state index contributed by atoms with van der Waals surface area (Å²) in [5, 5.41) is 6.94. The SMILES string of the molecule is CC(C)n1nccc1NC(=O)[C@H](C)Sc1nc2ccccc2s1. The molecule has 1 amide bonds. The lowest BCUT2D eigenvalue weighted by Gasteiger charge is -2.14. The average Bonchev–Trinajstić information content (AvgIpc) is 3.12. The number of thioether (sulfide) groups is 1. The smallest absolute Gasteiger partial charge is 0.238 e. The van der Waals surface area contributed by atoms with Crippen LogP contribution < -0.4 is 5.32 Å². The molecule has 1 aromatic carbocycles. The maximum Gasteiger partial charge on any atom is 0.238 e. The van der Waals surface area contributed by atoms with Gasteiger partial charge in [-0.05, 0) is 32.9 Å². The van der Waals surface area contributed by atoms with E-state index in [0.29, 0.717) is 0 Å². The van der Waals surface area contributed by atoms with Crippen LogP contribution in [0.4, 0.5) is 5.82 Å². The normalized spacial score (nSPS) is 12.7. The number of anilines is 1. The zero-order valence-corrected chi connectivity index (χ0v) is 14.8. The topological polar surface area (TPSA) is 59.8 Å². The van der Waals surface area contributed by atoms with Crippen LogP contribution in [0.25, 0.3) is 10.2 Å². The van der Waals surface area contributed by atoms with E-state index in [4.69, 9.17) is 0 Å². The average molecular weight is 346 g/mol. The molecule has 0 fully saturated rings. The third-order valence-corrected chi connectivity index (χ3v) is 5.56. The molecular formula is C16H18N4OS2. The molecule has 0 saturated carbocycles. The summed E-state index contributed by atoms with van der Waals surface area (Å²) in [6, 6.07) is 10.0. The monoisotopic (exact) mass is 346 g/mol. The number of nitrogens with zero attached hydrogens (tertiary/aromatic N) is 3. The van der Waals surface area contributed by atoms with Crippen molar-refractivity contribution < 1.29 is 4.79 Å². The summed E-state index contributed by atoms with van der Waals surface area (Å²) < 4.78 is 3.85. The van der Waals surface area contributed by atoms with Crippen LogP contribution >= 0.6 is 23.1 Å². The quantitative estimate of drug-likeness (QED) is 0.704. The van der Waals surface area contributed by atoms with Crippen LogP contribution in [0.3, 0.4) is 0 Å². The van der Waals surface area contributed by atoms with Crippen LogP contribution in [0.15, 0.2) is 40.9 Å². The predicted octanol–water partition coefficient (Wildman–Crippen LogP) is 4.19. The minimum atomic E-state index is -0.230. The van der Waals surface area contributed by atoms with E-state index >= 15 is 0 Å². The number of amides is 1. The van der Waals surface area contributed by atoms with Gasteiger partial charge in [-0.25, -0.2) is 9.67 Å². The van der Waals surface area contributed by atoms with Crippen molar-refractivity contribution in [2.45, 2.75) is 36.4 Å². The fraction of sp³-hybridized carbons (Fsp3) is 0.312. The zero-order valence-electron chi connectivity index (χ0n) is 13.2. The molecule has 0 aliphatic rings. The second-order valence-corrected chi connectivity index (χ2v) is 8.07. The van der Waals surface area contributed by atoms with Crippen molar-refractivity contribution in [3.05, 3.63) is 36.5 Å². The van der Waals surface area contributed by atoms with E-state index in [1.165, 1.54) is 11.8 Å². The molecule has 0 saturated heterocycles. The lowest BCUT2D eigenvalue weighted by Crippen LogP contribution is -2.24. The highest BCUT2D eigenvalue weighted by Gasteiger charge is 2.18. The van der Waals surface area contributed by atoms with Gasteiger partial charge in [0.15, 0.2) is 4.34 Å². The number of thiazole rings is 1. The summed E-state index contributed by atoms with van der Waals surface area (Å²) in [5.74, 6) is 0.679. The molecule has 2 aromatic heterocycles. The number of fused-ring (bicyclic) bond motifs is 1. The van der Waals surface area contributed by atoms with Crippen molar-refractivity contribution in [1.29, 1.82) is 0 Å². The Bertz CT molecular complexity index is 791. The molecular weight excluding hydrogens is 328 g/mol. The standard InChI is InChI=1S/C16H18N4OS2/c1-10(2)20-14(8-9-17-20)19-15(21)11(3)22-16-18-12-6-4-5-7-13(12)23-16/h4-11H,1-3H3,(H,19,21)/t11-/m0/s1. The number of carbonyl (C=O) groups is 1. The van der Waals surface area contributed by atoms with Crippen molar-refractivity contribution in [2.75, 3.05) is 5.32 Å². The summed E-state index contributed by atoms with van der Waals surface area (Å²) in [6.45, 7) is 5.95. The third kappa shape index (κ3) is 3.56. The van der Waals surface area contributed by atoms with Crippen LogP contribution in [0.5, 0.6) is 0 Å². The minimum Gasteiger partial charge on any atom is -0.310 e. The maximum absolute atomic E-state index is 12.4. The van der Waals surface area contributed by atoms with E-state index in [-0.39, 0.29) is 17.2 Å². The second-order valence-electron chi connectivity index (χ2n) is 5.45. The number of nitrogens with one attached hydrogen (secondary N) is 1. The van der Waals surface area contributed by atoms with Gasteiger partial charge >= 0.3 is 0 Å². The molecule has 3 aromatic rings. The molecule has 7 heteroatoms. The molecule has 0 radical (unpaired) electrons. The Morgan fingerprint density at radius 1 is 1.26 bits per heavy atom. The molecule has 23 heavy (non-hydrogen) atoms. The Balaban J connectivity index is 1.68. The van der Waals surface area contributed by atoms with Crippen molar-refractivity contribution in [2.24, 2.45) is 0 Å². The molecule has 0 aliphatic carbocycles. The lowest BCUT2D eigenvalue weighted by atomic mass is 10.3. The molecule has 0 bridgehead atoms. The first kappa shape index (κ1) is 16.0. The third-order valence-electron chi connectivity index (χ3n) is 3.33. The first-order valence-electron chi connectivity index (χ1n) is 7.41. The van der Waals surface area contributed by atoms with E-state index in [1.807, 2.05) is 51.1 Å². The number of benzene rings is 1. The molecule has 3 rings (SSSR count). The van der Waals surface area contributed by atoms with Gasteiger partial charge in [0.2, 0.25) is 5.91 Å². The largest absolute Gasteiger partial charge is 0.310 e. The van der Waals surface area contributed by atoms with Gasteiger partial charge in [-0.1, -0.05) is 23.9 Å². The van der Waals surface area contributed by atoms with Gasteiger partial charge in [0.25, 0.3) is 0 Å². The predicted molar refractivity (Wildman–Crippen MR) is 96.2 cm³/mol. The first-order chi connectivity index (χ1) is 11.0. The van der Waals surface area contributed by atoms with Crippen LogP contribution in [0, 0.1) is 0 Å². The summed E-state index contributed by atoms with van der Waals surface area (Å²) >= 11 is 3.09. The Morgan fingerprint density at radius 3 is 2.78 bits per heavy atom. The molecule has 5 nitrogen and oxygen atoms in total. The van der Waals surface area contributed by atoms with Crippen LogP contribution in [-0.4, -0.2) is 25.9 Å². The van der Waals surface area contributed by atoms with Crippen molar-refractivity contribution in [3.8, 4) is 0 Å². The highest BCUT2D eigenvalue weighted by molar-refractivity contribution is 8.02.